The Bertz CT molecular complexity index is 742. The van der Waals surface area contributed by atoms with Gasteiger partial charge in [0, 0.05) is 25.2 Å². The molecule has 0 aromatic heterocycles. The number of benzene rings is 2. The molecule has 4 heteroatoms. The van der Waals surface area contributed by atoms with Crippen molar-refractivity contribution in [2.45, 2.75) is 45.6 Å². The van der Waals surface area contributed by atoms with Crippen molar-refractivity contribution < 1.29 is 9.18 Å². The summed E-state index contributed by atoms with van der Waals surface area (Å²) in [5.74, 6) is 0.512. The number of hydrogen-bond acceptors (Lipinski definition) is 2. The molecule has 1 fully saturated rings. The summed E-state index contributed by atoms with van der Waals surface area (Å²) >= 11 is 0. The molecule has 3 nitrogen and oxygen atoms in total. The standard InChI is InChI=1S/C23H29FN2O/c1-17-4-3-15-26(16-17)22-12-8-20(9-13-22)18(2)25-23(27)14-7-19-5-10-21(24)11-6-19/h5-6,8-13,17-18H,3-4,7,14-16H2,1-2H3,(H,25,27). The van der Waals surface area contributed by atoms with Crippen LogP contribution in [0.2, 0.25) is 0 Å². The number of hydrogen-bond donors (Lipinski definition) is 1. The Labute approximate surface area is 161 Å². The molecule has 0 saturated carbocycles. The molecule has 1 saturated heterocycles. The highest BCUT2D eigenvalue weighted by Crippen LogP contribution is 2.24. The van der Waals surface area contributed by atoms with Crippen LogP contribution >= 0.6 is 0 Å². The third kappa shape index (κ3) is 5.56. The summed E-state index contributed by atoms with van der Waals surface area (Å²) in [6.07, 6.45) is 3.59. The summed E-state index contributed by atoms with van der Waals surface area (Å²) in [7, 11) is 0. The van der Waals surface area contributed by atoms with Gasteiger partial charge in [-0.2, -0.15) is 0 Å². The monoisotopic (exact) mass is 368 g/mol. The molecule has 2 atom stereocenters. The zero-order valence-electron chi connectivity index (χ0n) is 16.2. The van der Waals surface area contributed by atoms with Crippen LogP contribution in [-0.4, -0.2) is 19.0 Å². The van der Waals surface area contributed by atoms with Gasteiger partial charge in [-0.3, -0.25) is 4.79 Å². The van der Waals surface area contributed by atoms with Gasteiger partial charge in [-0.1, -0.05) is 31.2 Å². The van der Waals surface area contributed by atoms with Crippen molar-refractivity contribution in [2.24, 2.45) is 5.92 Å². The third-order valence-electron chi connectivity index (χ3n) is 5.35. The van der Waals surface area contributed by atoms with Gasteiger partial charge < -0.3 is 10.2 Å². The molecule has 27 heavy (non-hydrogen) atoms. The number of carbonyl (C=O) groups is 1. The average Bonchev–Trinajstić information content (AvgIpc) is 2.67. The Morgan fingerprint density at radius 1 is 1.19 bits per heavy atom. The van der Waals surface area contributed by atoms with Crippen LogP contribution in [0.3, 0.4) is 0 Å². The van der Waals surface area contributed by atoms with Gasteiger partial charge in [0.1, 0.15) is 5.82 Å². The Kier molecular flexibility index (Phi) is 6.49. The van der Waals surface area contributed by atoms with E-state index >= 15 is 0 Å². The Morgan fingerprint density at radius 2 is 1.89 bits per heavy atom. The molecule has 3 rings (SSSR count). The van der Waals surface area contributed by atoms with E-state index in [1.165, 1.54) is 30.7 Å². The van der Waals surface area contributed by atoms with Crippen LogP contribution in [0.5, 0.6) is 0 Å². The molecule has 1 aliphatic rings. The zero-order valence-corrected chi connectivity index (χ0v) is 16.2. The normalized spacial score (nSPS) is 18.2. The van der Waals surface area contributed by atoms with Crippen LogP contribution in [0.25, 0.3) is 0 Å². The van der Waals surface area contributed by atoms with E-state index in [2.05, 4.69) is 41.4 Å². The van der Waals surface area contributed by atoms with E-state index in [-0.39, 0.29) is 17.8 Å². The van der Waals surface area contributed by atoms with Crippen LogP contribution < -0.4 is 10.2 Å². The van der Waals surface area contributed by atoms with Crippen molar-refractivity contribution in [3.8, 4) is 0 Å². The molecule has 2 aromatic carbocycles. The second-order valence-corrected chi connectivity index (χ2v) is 7.70. The maximum atomic E-state index is 12.9. The van der Waals surface area contributed by atoms with Crippen LogP contribution in [0, 0.1) is 11.7 Å². The molecule has 2 aromatic rings. The SMILES string of the molecule is CC1CCCN(c2ccc(C(C)NC(=O)CCc3ccc(F)cc3)cc2)C1. The largest absolute Gasteiger partial charge is 0.371 e. The number of anilines is 1. The number of piperidine rings is 1. The highest BCUT2D eigenvalue weighted by atomic mass is 19.1. The maximum absolute atomic E-state index is 12.9. The first-order valence-electron chi connectivity index (χ1n) is 9.90. The summed E-state index contributed by atoms with van der Waals surface area (Å²) in [6, 6.07) is 14.8. The minimum atomic E-state index is -0.251. The molecule has 1 N–H and O–H groups in total. The molecule has 1 heterocycles. The van der Waals surface area contributed by atoms with Crippen molar-refractivity contribution in [1.82, 2.24) is 5.32 Å². The van der Waals surface area contributed by atoms with E-state index in [1.54, 1.807) is 12.1 Å². The Morgan fingerprint density at radius 3 is 2.56 bits per heavy atom. The van der Waals surface area contributed by atoms with Gasteiger partial charge in [0.05, 0.1) is 6.04 Å². The van der Waals surface area contributed by atoms with Gasteiger partial charge in [0.15, 0.2) is 0 Å². The van der Waals surface area contributed by atoms with E-state index in [0.29, 0.717) is 12.8 Å². The predicted molar refractivity (Wildman–Crippen MR) is 108 cm³/mol. The van der Waals surface area contributed by atoms with Gasteiger partial charge >= 0.3 is 0 Å². The average molecular weight is 368 g/mol. The lowest BCUT2D eigenvalue weighted by molar-refractivity contribution is -0.121. The van der Waals surface area contributed by atoms with Crippen molar-refractivity contribution in [1.29, 1.82) is 0 Å². The summed E-state index contributed by atoms with van der Waals surface area (Å²) in [4.78, 5) is 14.7. The first-order valence-corrected chi connectivity index (χ1v) is 9.90. The van der Waals surface area contributed by atoms with E-state index in [0.717, 1.165) is 30.1 Å². The lowest BCUT2D eigenvalue weighted by atomic mass is 9.99. The topological polar surface area (TPSA) is 32.3 Å². The number of nitrogens with zero attached hydrogens (tertiary/aromatic N) is 1. The molecular weight excluding hydrogens is 339 g/mol. The van der Waals surface area contributed by atoms with Crippen LogP contribution in [0.15, 0.2) is 48.5 Å². The second kappa shape index (κ2) is 9.03. The minimum Gasteiger partial charge on any atom is -0.371 e. The van der Waals surface area contributed by atoms with E-state index in [1.807, 2.05) is 6.92 Å². The summed E-state index contributed by atoms with van der Waals surface area (Å²) in [5.41, 5.74) is 3.35. The molecule has 1 aliphatic heterocycles. The molecule has 0 bridgehead atoms. The first kappa shape index (κ1) is 19.4. The highest BCUT2D eigenvalue weighted by Gasteiger charge is 2.17. The number of rotatable bonds is 6. The fourth-order valence-corrected chi connectivity index (χ4v) is 3.70. The van der Waals surface area contributed by atoms with E-state index < -0.39 is 0 Å². The summed E-state index contributed by atoms with van der Waals surface area (Å²) < 4.78 is 12.9. The number of nitrogens with one attached hydrogen (secondary N) is 1. The molecule has 1 amide bonds. The number of aryl methyl sites for hydroxylation is 1. The quantitative estimate of drug-likeness (QED) is 0.789. The third-order valence-corrected chi connectivity index (χ3v) is 5.35. The van der Waals surface area contributed by atoms with Gasteiger partial charge in [0.25, 0.3) is 0 Å². The molecule has 2 unspecified atom stereocenters. The van der Waals surface area contributed by atoms with Gasteiger partial charge in [-0.15, -0.1) is 0 Å². The van der Waals surface area contributed by atoms with Gasteiger partial charge in [-0.25, -0.2) is 4.39 Å². The predicted octanol–water partition coefficient (Wildman–Crippen LogP) is 4.87. The zero-order chi connectivity index (χ0) is 19.2. The van der Waals surface area contributed by atoms with Crippen molar-refractivity contribution in [2.75, 3.05) is 18.0 Å². The Balaban J connectivity index is 1.50. The minimum absolute atomic E-state index is 0.0146. The first-order chi connectivity index (χ1) is 13.0. The lowest BCUT2D eigenvalue weighted by Gasteiger charge is -2.33. The Hall–Kier alpha value is -2.36. The molecular formula is C23H29FN2O. The fraction of sp³-hybridized carbons (Fsp3) is 0.435. The van der Waals surface area contributed by atoms with E-state index in [9.17, 15) is 9.18 Å². The van der Waals surface area contributed by atoms with E-state index in [4.69, 9.17) is 0 Å². The van der Waals surface area contributed by atoms with Crippen LogP contribution in [0.1, 0.15) is 50.3 Å². The molecule has 0 radical (unpaired) electrons. The molecule has 144 valence electrons. The number of carbonyl (C=O) groups excluding carboxylic acids is 1. The van der Waals surface area contributed by atoms with Crippen LogP contribution in [-0.2, 0) is 11.2 Å². The van der Waals surface area contributed by atoms with Gasteiger partial charge in [-0.05, 0) is 67.5 Å². The second-order valence-electron chi connectivity index (χ2n) is 7.70. The highest BCUT2D eigenvalue weighted by molar-refractivity contribution is 5.76. The smallest absolute Gasteiger partial charge is 0.220 e. The fourth-order valence-electron chi connectivity index (χ4n) is 3.70. The van der Waals surface area contributed by atoms with Crippen molar-refractivity contribution in [3.05, 3.63) is 65.5 Å². The van der Waals surface area contributed by atoms with Crippen LogP contribution in [0.4, 0.5) is 10.1 Å². The lowest BCUT2D eigenvalue weighted by Crippen LogP contribution is -2.34. The number of halogens is 1. The van der Waals surface area contributed by atoms with Crippen molar-refractivity contribution in [3.63, 3.8) is 0 Å². The summed E-state index contributed by atoms with van der Waals surface area (Å²) in [6.45, 7) is 6.56. The molecule has 0 aliphatic carbocycles. The van der Waals surface area contributed by atoms with Gasteiger partial charge in [0.2, 0.25) is 5.91 Å². The maximum Gasteiger partial charge on any atom is 0.220 e. The molecule has 0 spiro atoms. The summed E-state index contributed by atoms with van der Waals surface area (Å²) in [5, 5.41) is 3.06. The number of amides is 1. The van der Waals surface area contributed by atoms with Crippen molar-refractivity contribution >= 4 is 11.6 Å².